The monoisotopic (exact) mass is 292 g/mol. The normalized spacial score (nSPS) is 17.2. The molecule has 1 aromatic heterocycles. The lowest BCUT2D eigenvalue weighted by Crippen LogP contribution is -1.86. The van der Waals surface area contributed by atoms with Gasteiger partial charge in [0.2, 0.25) is 0 Å². The predicted octanol–water partition coefficient (Wildman–Crippen LogP) is 3.93. The highest BCUT2D eigenvalue weighted by atomic mass is 127. The van der Waals surface area contributed by atoms with E-state index in [1.807, 2.05) is 11.3 Å². The second kappa shape index (κ2) is 3.66. The van der Waals surface area contributed by atoms with Gasteiger partial charge in [0.15, 0.2) is 0 Å². The molecule has 0 spiro atoms. The first-order valence-corrected chi connectivity index (χ1v) is 6.45. The number of fused-ring (bicyclic) bond motifs is 1. The Labute approximate surface area is 91.5 Å². The van der Waals surface area contributed by atoms with Crippen LogP contribution < -0.4 is 0 Å². The molecule has 1 aromatic rings. The Balaban J connectivity index is 2.42. The maximum absolute atomic E-state index is 2.48. The molecule has 1 aliphatic carbocycles. The van der Waals surface area contributed by atoms with Crippen molar-refractivity contribution in [2.24, 2.45) is 0 Å². The fraction of sp³-hybridized carbons (Fsp3) is 0.600. The van der Waals surface area contributed by atoms with Crippen molar-refractivity contribution in [3.8, 4) is 0 Å². The zero-order chi connectivity index (χ0) is 8.55. The highest BCUT2D eigenvalue weighted by molar-refractivity contribution is 14.1. The molecule has 0 saturated carbocycles. The minimum atomic E-state index is 1.33. The Hall–Kier alpha value is 0.430. The Morgan fingerprint density at radius 3 is 2.75 bits per heavy atom. The average molecular weight is 292 g/mol. The first kappa shape index (κ1) is 9.00. The average Bonchev–Trinajstić information content (AvgIpc) is 2.30. The van der Waals surface area contributed by atoms with Crippen molar-refractivity contribution < 1.29 is 0 Å². The number of thiophene rings is 1. The van der Waals surface area contributed by atoms with Crippen LogP contribution in [0, 0.1) is 9.81 Å². The van der Waals surface area contributed by atoms with Crippen LogP contribution in [0.15, 0.2) is 0 Å². The van der Waals surface area contributed by atoms with Crippen molar-refractivity contribution in [3.63, 3.8) is 0 Å². The van der Waals surface area contributed by atoms with Crippen LogP contribution in [-0.4, -0.2) is 0 Å². The first-order valence-electron chi connectivity index (χ1n) is 4.55. The highest BCUT2D eigenvalue weighted by Crippen LogP contribution is 2.33. The van der Waals surface area contributed by atoms with Gasteiger partial charge in [-0.2, -0.15) is 0 Å². The summed E-state index contributed by atoms with van der Waals surface area (Å²) in [5.74, 6) is 0. The molecule has 1 aliphatic rings. The van der Waals surface area contributed by atoms with Crippen molar-refractivity contribution >= 4 is 33.9 Å². The number of halogens is 1. The molecule has 0 radical (unpaired) electrons. The van der Waals surface area contributed by atoms with Crippen LogP contribution in [0.1, 0.15) is 35.3 Å². The van der Waals surface area contributed by atoms with E-state index in [0.29, 0.717) is 0 Å². The quantitative estimate of drug-likeness (QED) is 0.502. The summed E-state index contributed by atoms with van der Waals surface area (Å²) in [6.07, 6.45) is 6.91. The number of hydrogen-bond acceptors (Lipinski definition) is 1. The fourth-order valence-corrected chi connectivity index (χ4v) is 4.11. The third kappa shape index (κ3) is 1.55. The number of hydrogen-bond donors (Lipinski definition) is 0. The SMILES string of the molecule is Cc1c(I)sc2c1CCCCC2. The van der Waals surface area contributed by atoms with Gasteiger partial charge in [-0.25, -0.2) is 0 Å². The molecule has 0 unspecified atom stereocenters. The van der Waals surface area contributed by atoms with Gasteiger partial charge in [0, 0.05) is 4.88 Å². The lowest BCUT2D eigenvalue weighted by atomic mass is 10.1. The molecule has 0 N–H and O–H groups in total. The topological polar surface area (TPSA) is 0 Å². The summed E-state index contributed by atoms with van der Waals surface area (Å²) in [7, 11) is 0. The van der Waals surface area contributed by atoms with Gasteiger partial charge in [-0.15, -0.1) is 11.3 Å². The summed E-state index contributed by atoms with van der Waals surface area (Å²) >= 11 is 4.49. The second-order valence-electron chi connectivity index (χ2n) is 3.46. The lowest BCUT2D eigenvalue weighted by molar-refractivity contribution is 0.712. The number of aryl methyl sites for hydroxylation is 1. The van der Waals surface area contributed by atoms with Crippen LogP contribution in [0.3, 0.4) is 0 Å². The smallest absolute Gasteiger partial charge is 0.0688 e. The minimum Gasteiger partial charge on any atom is -0.134 e. The van der Waals surface area contributed by atoms with Crippen LogP contribution in [0.2, 0.25) is 0 Å². The molecule has 2 rings (SSSR count). The van der Waals surface area contributed by atoms with Crippen LogP contribution >= 0.6 is 33.9 Å². The Morgan fingerprint density at radius 1 is 1.17 bits per heavy atom. The summed E-state index contributed by atoms with van der Waals surface area (Å²) in [6.45, 7) is 2.28. The molecule has 0 fully saturated rings. The predicted molar refractivity (Wildman–Crippen MR) is 63.0 cm³/mol. The van der Waals surface area contributed by atoms with Crippen LogP contribution in [0.5, 0.6) is 0 Å². The van der Waals surface area contributed by atoms with E-state index in [1.165, 1.54) is 35.0 Å². The summed E-state index contributed by atoms with van der Waals surface area (Å²) in [5, 5.41) is 0. The van der Waals surface area contributed by atoms with Crippen molar-refractivity contribution in [1.82, 2.24) is 0 Å². The van der Waals surface area contributed by atoms with Gasteiger partial charge in [-0.1, -0.05) is 6.42 Å². The minimum absolute atomic E-state index is 1.33. The van der Waals surface area contributed by atoms with Gasteiger partial charge < -0.3 is 0 Å². The van der Waals surface area contributed by atoms with E-state index in [1.54, 1.807) is 16.0 Å². The molecular formula is C10H13IS. The van der Waals surface area contributed by atoms with Crippen LogP contribution in [-0.2, 0) is 12.8 Å². The van der Waals surface area contributed by atoms with Gasteiger partial charge in [0.25, 0.3) is 0 Å². The van der Waals surface area contributed by atoms with Crippen molar-refractivity contribution in [2.75, 3.05) is 0 Å². The largest absolute Gasteiger partial charge is 0.134 e. The fourth-order valence-electron chi connectivity index (χ4n) is 1.87. The Bertz CT molecular complexity index is 288. The molecule has 0 nitrogen and oxygen atoms in total. The maximum Gasteiger partial charge on any atom is 0.0688 e. The van der Waals surface area contributed by atoms with Gasteiger partial charge in [-0.3, -0.25) is 0 Å². The molecule has 12 heavy (non-hydrogen) atoms. The van der Waals surface area contributed by atoms with Gasteiger partial charge in [0.1, 0.15) is 0 Å². The molecule has 66 valence electrons. The standard InChI is InChI=1S/C10H13IS/c1-7-8-5-3-2-4-6-9(8)12-10(7)11/h2-6H2,1H3. The van der Waals surface area contributed by atoms with Crippen LogP contribution in [0.4, 0.5) is 0 Å². The summed E-state index contributed by atoms with van der Waals surface area (Å²) in [4.78, 5) is 1.68. The van der Waals surface area contributed by atoms with E-state index in [4.69, 9.17) is 0 Å². The second-order valence-corrected chi connectivity index (χ2v) is 6.38. The van der Waals surface area contributed by atoms with E-state index < -0.39 is 0 Å². The summed E-state index contributed by atoms with van der Waals surface area (Å²) in [5.41, 5.74) is 3.25. The van der Waals surface area contributed by atoms with Gasteiger partial charge >= 0.3 is 0 Å². The van der Waals surface area contributed by atoms with Crippen LogP contribution in [0.25, 0.3) is 0 Å². The molecule has 0 bridgehead atoms. The van der Waals surface area contributed by atoms with Crippen molar-refractivity contribution in [2.45, 2.75) is 39.0 Å². The Kier molecular flexibility index (Phi) is 2.75. The molecule has 2 heteroatoms. The van der Waals surface area contributed by atoms with Crippen molar-refractivity contribution in [1.29, 1.82) is 0 Å². The molecular weight excluding hydrogens is 279 g/mol. The van der Waals surface area contributed by atoms with E-state index in [-0.39, 0.29) is 0 Å². The third-order valence-corrected chi connectivity index (χ3v) is 5.28. The zero-order valence-electron chi connectivity index (χ0n) is 7.32. The van der Waals surface area contributed by atoms with E-state index in [2.05, 4.69) is 29.5 Å². The molecule has 0 saturated heterocycles. The van der Waals surface area contributed by atoms with Gasteiger partial charge in [0.05, 0.1) is 2.88 Å². The molecule has 0 aliphatic heterocycles. The highest BCUT2D eigenvalue weighted by Gasteiger charge is 2.14. The summed E-state index contributed by atoms with van der Waals surface area (Å²) < 4.78 is 1.51. The third-order valence-electron chi connectivity index (χ3n) is 2.63. The summed E-state index contributed by atoms with van der Waals surface area (Å²) in [6, 6.07) is 0. The van der Waals surface area contributed by atoms with E-state index >= 15 is 0 Å². The first-order chi connectivity index (χ1) is 5.79. The van der Waals surface area contributed by atoms with Gasteiger partial charge in [-0.05, 0) is 66.3 Å². The number of rotatable bonds is 0. The Morgan fingerprint density at radius 2 is 1.92 bits per heavy atom. The molecule has 0 amide bonds. The zero-order valence-corrected chi connectivity index (χ0v) is 10.3. The maximum atomic E-state index is 2.48. The molecule has 1 heterocycles. The van der Waals surface area contributed by atoms with Crippen molar-refractivity contribution in [3.05, 3.63) is 18.9 Å². The molecule has 0 atom stereocenters. The lowest BCUT2D eigenvalue weighted by Gasteiger charge is -1.97. The van der Waals surface area contributed by atoms with E-state index in [9.17, 15) is 0 Å². The molecule has 0 aromatic carbocycles. The van der Waals surface area contributed by atoms with E-state index in [0.717, 1.165) is 0 Å².